The number of nitrogens with one attached hydrogen (secondary N) is 1. The molecule has 0 fully saturated rings. The van der Waals surface area contributed by atoms with Crippen molar-refractivity contribution < 1.29 is 19.3 Å². The Morgan fingerprint density at radius 1 is 1.21 bits per heavy atom. The highest BCUT2D eigenvalue weighted by molar-refractivity contribution is 5.89. The molecule has 7 N–H and O–H groups in total. The number of ether oxygens (including phenoxy) is 1. The smallest absolute Gasteiger partial charge is 0.222 e. The highest BCUT2D eigenvalue weighted by atomic mass is 19.1. The van der Waals surface area contributed by atoms with Crippen LogP contribution in [0, 0.1) is 5.82 Å². The van der Waals surface area contributed by atoms with E-state index in [2.05, 4.69) is 27.2 Å². The molecule has 0 atom stereocenters. The van der Waals surface area contributed by atoms with Crippen LogP contribution in [0.2, 0.25) is 0 Å². The molecular weight excluding hydrogens is 429 g/mol. The van der Waals surface area contributed by atoms with Gasteiger partial charge in [0.25, 0.3) is 0 Å². The van der Waals surface area contributed by atoms with Gasteiger partial charge in [-0.1, -0.05) is 13.3 Å². The number of anilines is 3. The number of hydrogen-bond acceptors (Lipinski definition) is 10. The first-order valence-corrected chi connectivity index (χ1v) is 10.9. The first-order chi connectivity index (χ1) is 15.9. The number of aliphatic hydroxyl groups excluding tert-OH is 2. The van der Waals surface area contributed by atoms with Gasteiger partial charge in [0.1, 0.15) is 22.9 Å². The largest absolute Gasteiger partial charge is 0.496 e. The predicted octanol–water partition coefficient (Wildman–Crippen LogP) is 1.09. The fourth-order valence-electron chi connectivity index (χ4n) is 3.26. The van der Waals surface area contributed by atoms with Crippen molar-refractivity contribution in [3.8, 4) is 5.75 Å². The zero-order valence-electron chi connectivity index (χ0n) is 19.2. The molecule has 11 heteroatoms. The number of rotatable bonds is 14. The lowest BCUT2D eigenvalue weighted by atomic mass is 10.1. The summed E-state index contributed by atoms with van der Waals surface area (Å²) in [5.74, 6) is 0.396. The molecule has 33 heavy (non-hydrogen) atoms. The number of aliphatic hydroxyl groups is 2. The number of nitrogen functional groups attached to an aromatic ring is 2. The molecule has 1 heterocycles. The van der Waals surface area contributed by atoms with Gasteiger partial charge >= 0.3 is 0 Å². The summed E-state index contributed by atoms with van der Waals surface area (Å²) in [4.78, 5) is 14.6. The van der Waals surface area contributed by atoms with Crippen molar-refractivity contribution in [2.75, 3.05) is 56.3 Å². The number of nitrogens with two attached hydrogens (primary N) is 2. The van der Waals surface area contributed by atoms with E-state index in [9.17, 15) is 9.50 Å². The average Bonchev–Trinajstić information content (AvgIpc) is 2.79. The molecule has 0 unspecified atom stereocenters. The first kappa shape index (κ1) is 26.2. The van der Waals surface area contributed by atoms with Gasteiger partial charge in [-0.05, 0) is 24.1 Å². The van der Waals surface area contributed by atoms with Crippen LogP contribution in [-0.2, 0) is 13.1 Å². The SMILES string of the molecule is CCCCN(CCO)c1nc(N)nc(C=NCc2c(F)cc(CNCCO)cc2OC)c1N. The average molecular weight is 464 g/mol. The van der Waals surface area contributed by atoms with Crippen molar-refractivity contribution >= 4 is 23.7 Å². The molecule has 2 rings (SSSR count). The van der Waals surface area contributed by atoms with E-state index in [-0.39, 0.29) is 31.4 Å². The Morgan fingerprint density at radius 3 is 2.67 bits per heavy atom. The second-order valence-electron chi connectivity index (χ2n) is 7.40. The van der Waals surface area contributed by atoms with E-state index >= 15 is 0 Å². The third-order valence-electron chi connectivity index (χ3n) is 4.94. The quantitative estimate of drug-likeness (QED) is 0.204. The summed E-state index contributed by atoms with van der Waals surface area (Å²) < 4.78 is 20.1. The summed E-state index contributed by atoms with van der Waals surface area (Å²) >= 11 is 0. The number of nitrogens with zero attached hydrogens (tertiary/aromatic N) is 4. The van der Waals surface area contributed by atoms with Gasteiger partial charge < -0.3 is 36.6 Å². The highest BCUT2D eigenvalue weighted by Crippen LogP contribution is 2.26. The lowest BCUT2D eigenvalue weighted by molar-refractivity contribution is 0.292. The molecule has 182 valence electrons. The van der Waals surface area contributed by atoms with Crippen molar-refractivity contribution in [3.05, 3.63) is 34.8 Å². The normalized spacial score (nSPS) is 11.3. The van der Waals surface area contributed by atoms with E-state index in [1.54, 1.807) is 6.07 Å². The summed E-state index contributed by atoms with van der Waals surface area (Å²) in [7, 11) is 1.47. The zero-order valence-corrected chi connectivity index (χ0v) is 19.2. The van der Waals surface area contributed by atoms with Crippen LogP contribution in [0.5, 0.6) is 5.75 Å². The van der Waals surface area contributed by atoms with E-state index in [1.165, 1.54) is 19.4 Å². The second kappa shape index (κ2) is 13.5. The molecule has 2 aromatic rings. The fourth-order valence-corrected chi connectivity index (χ4v) is 3.26. The van der Waals surface area contributed by atoms with Crippen LogP contribution in [0.4, 0.5) is 21.8 Å². The predicted molar refractivity (Wildman–Crippen MR) is 128 cm³/mol. The number of aromatic nitrogens is 2. The summed E-state index contributed by atoms with van der Waals surface area (Å²) in [6.45, 7) is 3.86. The standard InChI is InChI=1S/C22H34FN7O3/c1-3-4-6-30(7-9-32)21-20(24)18(28-22(25)29-21)14-27-13-16-17(23)10-15(11-19(16)33-2)12-26-5-8-31/h10-11,14,26,31-32H,3-9,12-13,24H2,1-2H3,(H2,25,28,29). The van der Waals surface area contributed by atoms with E-state index in [1.807, 2.05) is 4.90 Å². The minimum absolute atomic E-state index is 0.00117. The lowest BCUT2D eigenvalue weighted by Crippen LogP contribution is -2.30. The van der Waals surface area contributed by atoms with Crippen molar-refractivity contribution in [2.24, 2.45) is 4.99 Å². The molecule has 1 aromatic heterocycles. The van der Waals surface area contributed by atoms with Crippen LogP contribution in [0.15, 0.2) is 17.1 Å². The molecule has 0 amide bonds. The summed E-state index contributed by atoms with van der Waals surface area (Å²) in [6, 6.07) is 3.14. The Morgan fingerprint density at radius 2 is 2.00 bits per heavy atom. The van der Waals surface area contributed by atoms with Gasteiger partial charge in [0, 0.05) is 32.4 Å². The third-order valence-corrected chi connectivity index (χ3v) is 4.94. The van der Waals surface area contributed by atoms with Crippen LogP contribution in [0.3, 0.4) is 0 Å². The molecule has 0 aliphatic heterocycles. The monoisotopic (exact) mass is 463 g/mol. The molecule has 1 aromatic carbocycles. The van der Waals surface area contributed by atoms with Crippen molar-refractivity contribution in [1.82, 2.24) is 15.3 Å². The molecule has 10 nitrogen and oxygen atoms in total. The minimum Gasteiger partial charge on any atom is -0.496 e. The third kappa shape index (κ3) is 7.52. The number of hydrogen-bond donors (Lipinski definition) is 5. The second-order valence-corrected chi connectivity index (χ2v) is 7.40. The van der Waals surface area contributed by atoms with Gasteiger partial charge in [-0.15, -0.1) is 0 Å². The van der Waals surface area contributed by atoms with E-state index in [0.29, 0.717) is 54.6 Å². The summed E-state index contributed by atoms with van der Waals surface area (Å²) in [5.41, 5.74) is 13.8. The van der Waals surface area contributed by atoms with Crippen LogP contribution >= 0.6 is 0 Å². The Kier molecular flexibility index (Phi) is 10.7. The molecule has 0 aliphatic rings. The Bertz CT molecular complexity index is 927. The molecule has 0 bridgehead atoms. The maximum atomic E-state index is 14.7. The number of methoxy groups -OCH3 is 1. The highest BCUT2D eigenvalue weighted by Gasteiger charge is 2.16. The van der Waals surface area contributed by atoms with Gasteiger partial charge in [-0.2, -0.15) is 4.98 Å². The molecule has 0 aliphatic carbocycles. The van der Waals surface area contributed by atoms with Gasteiger partial charge in [-0.25, -0.2) is 9.37 Å². The topological polar surface area (TPSA) is 155 Å². The van der Waals surface area contributed by atoms with Crippen LogP contribution < -0.4 is 26.4 Å². The van der Waals surface area contributed by atoms with E-state index < -0.39 is 5.82 Å². The van der Waals surface area contributed by atoms with Crippen LogP contribution in [0.25, 0.3) is 0 Å². The van der Waals surface area contributed by atoms with Crippen molar-refractivity contribution in [3.63, 3.8) is 0 Å². The Hall–Kier alpha value is -3.02. The van der Waals surface area contributed by atoms with Crippen molar-refractivity contribution in [1.29, 1.82) is 0 Å². The molecule has 0 saturated heterocycles. The van der Waals surface area contributed by atoms with Crippen LogP contribution in [0.1, 0.15) is 36.6 Å². The maximum absolute atomic E-state index is 14.7. The molecule has 0 radical (unpaired) electrons. The van der Waals surface area contributed by atoms with Gasteiger partial charge in [0.2, 0.25) is 5.95 Å². The molecule has 0 spiro atoms. The van der Waals surface area contributed by atoms with Gasteiger partial charge in [-0.3, -0.25) is 4.99 Å². The maximum Gasteiger partial charge on any atom is 0.222 e. The Labute approximate surface area is 193 Å². The number of halogens is 1. The summed E-state index contributed by atoms with van der Waals surface area (Å²) in [5, 5.41) is 21.3. The van der Waals surface area contributed by atoms with E-state index in [4.69, 9.17) is 21.3 Å². The first-order valence-electron chi connectivity index (χ1n) is 10.9. The number of benzene rings is 1. The lowest BCUT2D eigenvalue weighted by Gasteiger charge is -2.24. The summed E-state index contributed by atoms with van der Waals surface area (Å²) in [6.07, 6.45) is 3.31. The number of unbranched alkanes of at least 4 members (excludes halogenated alkanes) is 1. The fraction of sp³-hybridized carbons (Fsp3) is 0.500. The van der Waals surface area contributed by atoms with Gasteiger partial charge in [0.15, 0.2) is 5.82 Å². The Balaban J connectivity index is 2.25. The van der Waals surface area contributed by atoms with E-state index in [0.717, 1.165) is 12.8 Å². The minimum atomic E-state index is -0.447. The number of aliphatic imine (C=N–C) groups is 1. The van der Waals surface area contributed by atoms with Crippen LogP contribution in [-0.4, -0.2) is 66.4 Å². The molecular formula is C22H34FN7O3. The zero-order chi connectivity index (χ0) is 24.2. The van der Waals surface area contributed by atoms with Gasteiger partial charge in [0.05, 0.1) is 32.4 Å². The van der Waals surface area contributed by atoms with Crippen molar-refractivity contribution in [2.45, 2.75) is 32.9 Å². The molecule has 0 saturated carbocycles.